The predicted octanol–water partition coefficient (Wildman–Crippen LogP) is 1.81. The average molecular weight is 241 g/mol. The highest BCUT2D eigenvalue weighted by molar-refractivity contribution is 7.91. The smallest absolute Gasteiger partial charge is 0.179 e. The van der Waals surface area contributed by atoms with Crippen molar-refractivity contribution in [3.8, 4) is 0 Å². The maximum atomic E-state index is 12.0. The van der Waals surface area contributed by atoms with Gasteiger partial charge in [-0.15, -0.1) is 0 Å². The minimum Gasteiger partial charge on any atom is -0.327 e. The Bertz CT molecular complexity index is 466. The Morgan fingerprint density at radius 3 is 2.38 bits per heavy atom. The van der Waals surface area contributed by atoms with Crippen LogP contribution in [0.4, 0.5) is 0 Å². The minimum atomic E-state index is -3.24. The van der Waals surface area contributed by atoms with Crippen LogP contribution in [0.2, 0.25) is 0 Å². The van der Waals surface area contributed by atoms with E-state index in [0.29, 0.717) is 11.3 Å². The van der Waals surface area contributed by atoms with E-state index in [2.05, 4.69) is 0 Å². The van der Waals surface area contributed by atoms with Gasteiger partial charge in [-0.25, -0.2) is 8.42 Å². The summed E-state index contributed by atoms with van der Waals surface area (Å²) in [5.41, 5.74) is 7.77. The first-order valence-electron chi connectivity index (χ1n) is 5.42. The Labute approximate surface area is 97.6 Å². The first kappa shape index (κ1) is 13.2. The fourth-order valence-corrected chi connectivity index (χ4v) is 3.03. The molecule has 16 heavy (non-hydrogen) atoms. The van der Waals surface area contributed by atoms with E-state index < -0.39 is 9.84 Å². The normalized spacial score (nSPS) is 13.8. The Morgan fingerprint density at radius 2 is 1.88 bits per heavy atom. The minimum absolute atomic E-state index is 0.0198. The van der Waals surface area contributed by atoms with E-state index in [1.165, 1.54) is 0 Å². The van der Waals surface area contributed by atoms with Crippen LogP contribution in [0, 0.1) is 13.8 Å². The van der Waals surface area contributed by atoms with Crippen LogP contribution in [0.5, 0.6) is 0 Å². The molecule has 0 spiro atoms. The molecule has 1 rings (SSSR count). The highest BCUT2D eigenvalue weighted by atomic mass is 32.2. The number of hydrogen-bond donors (Lipinski definition) is 1. The van der Waals surface area contributed by atoms with Crippen molar-refractivity contribution in [1.82, 2.24) is 0 Å². The van der Waals surface area contributed by atoms with E-state index in [1.54, 1.807) is 12.1 Å². The molecule has 0 amide bonds. The molecule has 0 aliphatic rings. The Kier molecular flexibility index (Phi) is 4.10. The second-order valence-corrected chi connectivity index (χ2v) is 6.23. The van der Waals surface area contributed by atoms with Gasteiger partial charge in [-0.3, -0.25) is 0 Å². The molecule has 0 radical (unpaired) electrons. The number of aryl methyl sites for hydroxylation is 2. The molecule has 0 saturated heterocycles. The van der Waals surface area contributed by atoms with E-state index in [0.717, 1.165) is 11.1 Å². The van der Waals surface area contributed by atoms with Crippen molar-refractivity contribution in [2.24, 2.45) is 5.73 Å². The summed E-state index contributed by atoms with van der Waals surface area (Å²) in [6.45, 7) is 5.76. The monoisotopic (exact) mass is 241 g/mol. The first-order valence-corrected chi connectivity index (χ1v) is 7.07. The van der Waals surface area contributed by atoms with E-state index in [1.807, 2.05) is 26.8 Å². The summed E-state index contributed by atoms with van der Waals surface area (Å²) in [6, 6.07) is 4.92. The summed E-state index contributed by atoms with van der Waals surface area (Å²) in [7, 11) is -3.24. The standard InChI is InChI=1S/C12H19NO2S/c1-4-11(13)8-16(14,15)12-6-5-9(2)10(3)7-12/h5-7,11H,4,8,13H2,1-3H3. The van der Waals surface area contributed by atoms with E-state index in [-0.39, 0.29) is 11.8 Å². The third kappa shape index (κ3) is 3.06. The van der Waals surface area contributed by atoms with E-state index in [9.17, 15) is 8.42 Å². The summed E-state index contributed by atoms with van der Waals surface area (Å²) in [6.07, 6.45) is 0.671. The average Bonchev–Trinajstić information content (AvgIpc) is 2.21. The van der Waals surface area contributed by atoms with Crippen molar-refractivity contribution in [3.05, 3.63) is 29.3 Å². The molecule has 1 atom stereocenters. The number of nitrogens with two attached hydrogens (primary N) is 1. The zero-order valence-electron chi connectivity index (χ0n) is 10.0. The van der Waals surface area contributed by atoms with Crippen molar-refractivity contribution < 1.29 is 8.42 Å². The van der Waals surface area contributed by atoms with Crippen LogP contribution in [0.1, 0.15) is 24.5 Å². The largest absolute Gasteiger partial charge is 0.327 e. The van der Waals surface area contributed by atoms with Crippen LogP contribution in [-0.4, -0.2) is 20.2 Å². The van der Waals surface area contributed by atoms with Gasteiger partial charge in [0.25, 0.3) is 0 Å². The lowest BCUT2D eigenvalue weighted by molar-refractivity contribution is 0.583. The second-order valence-electron chi connectivity index (χ2n) is 4.20. The Morgan fingerprint density at radius 1 is 1.25 bits per heavy atom. The van der Waals surface area contributed by atoms with Gasteiger partial charge in [-0.05, 0) is 43.5 Å². The lowest BCUT2D eigenvalue weighted by atomic mass is 10.1. The maximum absolute atomic E-state index is 12.0. The van der Waals surface area contributed by atoms with Crippen molar-refractivity contribution in [1.29, 1.82) is 0 Å². The third-order valence-corrected chi connectivity index (χ3v) is 4.63. The zero-order valence-corrected chi connectivity index (χ0v) is 10.8. The Balaban J connectivity index is 3.03. The summed E-state index contributed by atoms with van der Waals surface area (Å²) in [5, 5.41) is 0. The topological polar surface area (TPSA) is 60.2 Å². The molecule has 1 aromatic carbocycles. The molecule has 0 bridgehead atoms. The fraction of sp³-hybridized carbons (Fsp3) is 0.500. The molecule has 0 aromatic heterocycles. The SMILES string of the molecule is CCC(N)CS(=O)(=O)c1ccc(C)c(C)c1. The summed E-state index contributed by atoms with van der Waals surface area (Å²) in [4.78, 5) is 0.375. The molecule has 2 N–H and O–H groups in total. The van der Waals surface area contributed by atoms with Crippen LogP contribution in [0.3, 0.4) is 0 Å². The fourth-order valence-electron chi connectivity index (χ4n) is 1.40. The van der Waals surface area contributed by atoms with Crippen LogP contribution < -0.4 is 5.73 Å². The van der Waals surface area contributed by atoms with E-state index in [4.69, 9.17) is 5.73 Å². The lowest BCUT2D eigenvalue weighted by Gasteiger charge is -2.11. The van der Waals surface area contributed by atoms with Crippen LogP contribution in [-0.2, 0) is 9.84 Å². The molecule has 1 unspecified atom stereocenters. The molecule has 0 fully saturated rings. The molecular formula is C12H19NO2S. The molecule has 0 saturated carbocycles. The predicted molar refractivity (Wildman–Crippen MR) is 66.2 cm³/mol. The maximum Gasteiger partial charge on any atom is 0.179 e. The summed E-state index contributed by atoms with van der Waals surface area (Å²) in [5.74, 6) is 0.0198. The molecular weight excluding hydrogens is 222 g/mol. The van der Waals surface area contributed by atoms with Crippen molar-refractivity contribution >= 4 is 9.84 Å². The number of benzene rings is 1. The molecule has 90 valence electrons. The molecule has 0 aliphatic heterocycles. The second kappa shape index (κ2) is 4.97. The highest BCUT2D eigenvalue weighted by Gasteiger charge is 2.18. The third-order valence-electron chi connectivity index (χ3n) is 2.80. The number of hydrogen-bond acceptors (Lipinski definition) is 3. The van der Waals surface area contributed by atoms with Gasteiger partial charge in [0.2, 0.25) is 0 Å². The molecule has 0 aliphatic carbocycles. The molecule has 4 heteroatoms. The highest BCUT2D eigenvalue weighted by Crippen LogP contribution is 2.16. The lowest BCUT2D eigenvalue weighted by Crippen LogP contribution is -2.28. The number of rotatable bonds is 4. The van der Waals surface area contributed by atoms with Gasteiger partial charge in [0.15, 0.2) is 9.84 Å². The zero-order chi connectivity index (χ0) is 12.3. The van der Waals surface area contributed by atoms with Gasteiger partial charge in [0.1, 0.15) is 0 Å². The number of sulfone groups is 1. The first-order chi connectivity index (χ1) is 7.36. The van der Waals surface area contributed by atoms with Gasteiger partial charge < -0.3 is 5.73 Å². The van der Waals surface area contributed by atoms with Gasteiger partial charge in [-0.1, -0.05) is 13.0 Å². The molecule has 0 heterocycles. The molecule has 3 nitrogen and oxygen atoms in total. The van der Waals surface area contributed by atoms with Crippen LogP contribution in [0.15, 0.2) is 23.1 Å². The van der Waals surface area contributed by atoms with Crippen molar-refractivity contribution in [2.45, 2.75) is 38.1 Å². The van der Waals surface area contributed by atoms with E-state index >= 15 is 0 Å². The summed E-state index contributed by atoms with van der Waals surface area (Å²) >= 11 is 0. The van der Waals surface area contributed by atoms with Gasteiger partial charge >= 0.3 is 0 Å². The Hall–Kier alpha value is -0.870. The quantitative estimate of drug-likeness (QED) is 0.874. The van der Waals surface area contributed by atoms with Gasteiger partial charge in [-0.2, -0.15) is 0 Å². The van der Waals surface area contributed by atoms with Crippen molar-refractivity contribution in [3.63, 3.8) is 0 Å². The van der Waals surface area contributed by atoms with Gasteiger partial charge in [0, 0.05) is 6.04 Å². The van der Waals surface area contributed by atoms with Crippen LogP contribution in [0.25, 0.3) is 0 Å². The van der Waals surface area contributed by atoms with Crippen molar-refractivity contribution in [2.75, 3.05) is 5.75 Å². The van der Waals surface area contributed by atoms with Crippen LogP contribution >= 0.6 is 0 Å². The summed E-state index contributed by atoms with van der Waals surface area (Å²) < 4.78 is 24.0. The van der Waals surface area contributed by atoms with Gasteiger partial charge in [0.05, 0.1) is 10.6 Å². The molecule has 1 aromatic rings.